The van der Waals surface area contributed by atoms with Crippen molar-refractivity contribution in [1.29, 1.82) is 0 Å². The van der Waals surface area contributed by atoms with Gasteiger partial charge in [-0.25, -0.2) is 9.97 Å². The van der Waals surface area contributed by atoms with Crippen LogP contribution in [0.15, 0.2) is 41.5 Å². The Kier molecular flexibility index (Phi) is 4.23. The summed E-state index contributed by atoms with van der Waals surface area (Å²) >= 11 is 0. The molecule has 0 fully saturated rings. The summed E-state index contributed by atoms with van der Waals surface area (Å²) < 4.78 is 0. The summed E-state index contributed by atoms with van der Waals surface area (Å²) in [5.74, 6) is 0.605. The summed E-state index contributed by atoms with van der Waals surface area (Å²) in [5.41, 5.74) is 2.84. The Morgan fingerprint density at radius 2 is 1.74 bits per heavy atom. The van der Waals surface area contributed by atoms with Crippen molar-refractivity contribution < 1.29 is 0 Å². The molecule has 0 bridgehead atoms. The Labute approximate surface area is 113 Å². The SMILES string of the molecule is CCC=NN(c1ccccc1)c1nc(C)cc(C)n1. The first-order valence-electron chi connectivity index (χ1n) is 6.40. The molecule has 19 heavy (non-hydrogen) atoms. The van der Waals surface area contributed by atoms with Crippen LogP contribution < -0.4 is 5.01 Å². The van der Waals surface area contributed by atoms with E-state index in [-0.39, 0.29) is 0 Å². The highest BCUT2D eigenvalue weighted by Gasteiger charge is 2.11. The number of para-hydroxylation sites is 1. The molecule has 0 aliphatic rings. The van der Waals surface area contributed by atoms with Gasteiger partial charge in [-0.3, -0.25) is 0 Å². The van der Waals surface area contributed by atoms with E-state index < -0.39 is 0 Å². The molecule has 2 rings (SSSR count). The third-order valence-electron chi connectivity index (χ3n) is 2.54. The van der Waals surface area contributed by atoms with Crippen LogP contribution in [0.4, 0.5) is 11.6 Å². The smallest absolute Gasteiger partial charge is 0.216 e. The van der Waals surface area contributed by atoms with E-state index in [4.69, 9.17) is 0 Å². The highest BCUT2D eigenvalue weighted by molar-refractivity contribution is 5.64. The Morgan fingerprint density at radius 1 is 1.11 bits per heavy atom. The molecular formula is C15H18N4. The van der Waals surface area contributed by atoms with Crippen molar-refractivity contribution in [1.82, 2.24) is 9.97 Å². The van der Waals surface area contributed by atoms with E-state index in [9.17, 15) is 0 Å². The molecule has 0 spiro atoms. The molecule has 0 unspecified atom stereocenters. The summed E-state index contributed by atoms with van der Waals surface area (Å²) in [6, 6.07) is 11.9. The van der Waals surface area contributed by atoms with Gasteiger partial charge in [-0.05, 0) is 38.5 Å². The fourth-order valence-electron chi connectivity index (χ4n) is 1.77. The number of hydrazone groups is 1. The molecule has 0 aliphatic carbocycles. The molecule has 1 aromatic heterocycles. The maximum atomic E-state index is 4.46. The molecular weight excluding hydrogens is 236 g/mol. The minimum atomic E-state index is 0.605. The third kappa shape index (κ3) is 3.37. The van der Waals surface area contributed by atoms with Crippen LogP contribution in [0.5, 0.6) is 0 Å². The van der Waals surface area contributed by atoms with Crippen LogP contribution in [0.25, 0.3) is 0 Å². The van der Waals surface area contributed by atoms with Gasteiger partial charge in [0.1, 0.15) is 0 Å². The molecule has 4 nitrogen and oxygen atoms in total. The first-order chi connectivity index (χ1) is 9.20. The number of rotatable bonds is 4. The maximum Gasteiger partial charge on any atom is 0.251 e. The van der Waals surface area contributed by atoms with Crippen LogP contribution in [0.1, 0.15) is 24.7 Å². The van der Waals surface area contributed by atoms with Crippen molar-refractivity contribution in [2.45, 2.75) is 27.2 Å². The lowest BCUT2D eigenvalue weighted by molar-refractivity contribution is 0.942. The maximum absolute atomic E-state index is 4.46. The Bertz CT molecular complexity index is 543. The minimum absolute atomic E-state index is 0.605. The number of hydrogen-bond donors (Lipinski definition) is 0. The number of aromatic nitrogens is 2. The normalized spacial score (nSPS) is 10.9. The van der Waals surface area contributed by atoms with Crippen molar-refractivity contribution in [3.63, 3.8) is 0 Å². The van der Waals surface area contributed by atoms with E-state index in [1.807, 2.05) is 56.5 Å². The van der Waals surface area contributed by atoms with E-state index >= 15 is 0 Å². The number of anilines is 2. The molecule has 98 valence electrons. The summed E-state index contributed by atoms with van der Waals surface area (Å²) in [6.45, 7) is 5.98. The first-order valence-corrected chi connectivity index (χ1v) is 6.40. The van der Waals surface area contributed by atoms with Gasteiger partial charge in [0.15, 0.2) is 0 Å². The van der Waals surface area contributed by atoms with Crippen LogP contribution in [0, 0.1) is 13.8 Å². The van der Waals surface area contributed by atoms with Gasteiger partial charge < -0.3 is 0 Å². The molecule has 0 aliphatic heterocycles. The van der Waals surface area contributed by atoms with Crippen molar-refractivity contribution in [3.8, 4) is 0 Å². The Balaban J connectivity index is 2.45. The topological polar surface area (TPSA) is 41.4 Å². The van der Waals surface area contributed by atoms with Gasteiger partial charge in [-0.2, -0.15) is 10.1 Å². The van der Waals surface area contributed by atoms with Crippen LogP contribution in [-0.2, 0) is 0 Å². The molecule has 1 aromatic carbocycles. The lowest BCUT2D eigenvalue weighted by Gasteiger charge is -2.17. The van der Waals surface area contributed by atoms with Gasteiger partial charge in [0, 0.05) is 17.6 Å². The third-order valence-corrected chi connectivity index (χ3v) is 2.54. The van der Waals surface area contributed by atoms with Crippen LogP contribution >= 0.6 is 0 Å². The molecule has 0 saturated heterocycles. The quantitative estimate of drug-likeness (QED) is 0.618. The lowest BCUT2D eigenvalue weighted by atomic mass is 10.3. The van der Waals surface area contributed by atoms with Gasteiger partial charge in [-0.15, -0.1) is 0 Å². The average molecular weight is 254 g/mol. The highest BCUT2D eigenvalue weighted by Crippen LogP contribution is 2.22. The molecule has 0 amide bonds. The zero-order valence-electron chi connectivity index (χ0n) is 11.5. The monoisotopic (exact) mass is 254 g/mol. The van der Waals surface area contributed by atoms with Crippen LogP contribution in [0.3, 0.4) is 0 Å². The number of benzene rings is 1. The fourth-order valence-corrected chi connectivity index (χ4v) is 1.77. The predicted molar refractivity (Wildman–Crippen MR) is 78.9 cm³/mol. The molecule has 4 heteroatoms. The number of aryl methyl sites for hydroxylation is 2. The van der Waals surface area contributed by atoms with E-state index in [0.29, 0.717) is 5.95 Å². The largest absolute Gasteiger partial charge is 0.251 e. The van der Waals surface area contributed by atoms with Crippen molar-refractivity contribution in [3.05, 3.63) is 47.8 Å². The van der Waals surface area contributed by atoms with Crippen molar-refractivity contribution >= 4 is 17.9 Å². The standard InChI is InChI=1S/C15H18N4/c1-4-10-16-19(14-8-6-5-7-9-14)15-17-12(2)11-13(3)18-15/h5-11H,4H2,1-3H3. The first kappa shape index (κ1) is 13.2. The average Bonchev–Trinajstić information content (AvgIpc) is 2.39. The summed E-state index contributed by atoms with van der Waals surface area (Å²) in [4.78, 5) is 8.93. The second kappa shape index (κ2) is 6.09. The highest BCUT2D eigenvalue weighted by atomic mass is 15.5. The van der Waals surface area contributed by atoms with Gasteiger partial charge in [0.25, 0.3) is 5.95 Å². The minimum Gasteiger partial charge on any atom is -0.216 e. The van der Waals surface area contributed by atoms with Crippen molar-refractivity contribution in [2.75, 3.05) is 5.01 Å². The second-order valence-corrected chi connectivity index (χ2v) is 4.30. The van der Waals surface area contributed by atoms with Gasteiger partial charge >= 0.3 is 0 Å². The summed E-state index contributed by atoms with van der Waals surface area (Å²) in [5, 5.41) is 6.22. The van der Waals surface area contributed by atoms with E-state index in [2.05, 4.69) is 22.0 Å². The van der Waals surface area contributed by atoms with Gasteiger partial charge in [-0.1, -0.05) is 25.1 Å². The van der Waals surface area contributed by atoms with Gasteiger partial charge in [0.05, 0.1) is 5.69 Å². The van der Waals surface area contributed by atoms with Crippen molar-refractivity contribution in [2.24, 2.45) is 5.10 Å². The van der Waals surface area contributed by atoms with Gasteiger partial charge in [0.2, 0.25) is 0 Å². The van der Waals surface area contributed by atoms with Crippen LogP contribution in [0.2, 0.25) is 0 Å². The Morgan fingerprint density at radius 3 is 2.32 bits per heavy atom. The molecule has 1 heterocycles. The van der Waals surface area contributed by atoms with Crippen LogP contribution in [-0.4, -0.2) is 16.2 Å². The molecule has 0 saturated carbocycles. The van der Waals surface area contributed by atoms with E-state index in [0.717, 1.165) is 23.5 Å². The lowest BCUT2D eigenvalue weighted by Crippen LogP contribution is -2.13. The second-order valence-electron chi connectivity index (χ2n) is 4.30. The zero-order chi connectivity index (χ0) is 13.7. The molecule has 0 radical (unpaired) electrons. The summed E-state index contributed by atoms with van der Waals surface area (Å²) in [6.07, 6.45) is 2.72. The number of nitrogens with zero attached hydrogens (tertiary/aromatic N) is 4. The number of hydrogen-bond acceptors (Lipinski definition) is 4. The fraction of sp³-hybridized carbons (Fsp3) is 0.267. The van der Waals surface area contributed by atoms with E-state index in [1.165, 1.54) is 0 Å². The Hall–Kier alpha value is -2.23. The molecule has 2 aromatic rings. The molecule has 0 atom stereocenters. The summed E-state index contributed by atoms with van der Waals surface area (Å²) in [7, 11) is 0. The zero-order valence-corrected chi connectivity index (χ0v) is 11.5. The predicted octanol–water partition coefficient (Wildman–Crippen LogP) is 3.63. The van der Waals surface area contributed by atoms with E-state index in [1.54, 1.807) is 5.01 Å². The molecule has 0 N–H and O–H groups in total.